The first-order valence-electron chi connectivity index (χ1n) is 6.69. The van der Waals surface area contributed by atoms with Crippen LogP contribution in [0.25, 0.3) is 0 Å². The zero-order valence-electron chi connectivity index (χ0n) is 10.3. The van der Waals surface area contributed by atoms with Gasteiger partial charge in [-0.1, -0.05) is 6.92 Å². The summed E-state index contributed by atoms with van der Waals surface area (Å²) in [6.07, 6.45) is 7.54. The van der Waals surface area contributed by atoms with Crippen LogP contribution in [-0.2, 0) is 14.2 Å². The summed E-state index contributed by atoms with van der Waals surface area (Å²) in [7, 11) is 0. The molecule has 1 saturated carbocycles. The van der Waals surface area contributed by atoms with Gasteiger partial charge in [-0.2, -0.15) is 0 Å². The van der Waals surface area contributed by atoms with E-state index in [1.165, 1.54) is 25.7 Å². The van der Waals surface area contributed by atoms with Gasteiger partial charge in [-0.05, 0) is 44.4 Å². The molecule has 3 nitrogen and oxygen atoms in total. The molecule has 0 bridgehead atoms. The fourth-order valence-electron chi connectivity index (χ4n) is 2.33. The van der Waals surface area contributed by atoms with Crippen molar-refractivity contribution in [3.8, 4) is 0 Å². The van der Waals surface area contributed by atoms with Crippen molar-refractivity contribution in [2.24, 2.45) is 5.92 Å². The Morgan fingerprint density at radius 1 is 1.12 bits per heavy atom. The van der Waals surface area contributed by atoms with E-state index < -0.39 is 0 Å². The number of rotatable bonds is 6. The highest BCUT2D eigenvalue weighted by molar-refractivity contribution is 4.76. The summed E-state index contributed by atoms with van der Waals surface area (Å²) in [5.41, 5.74) is 0. The van der Waals surface area contributed by atoms with Crippen LogP contribution in [0.3, 0.4) is 0 Å². The average molecular weight is 228 g/mol. The Balaban J connectivity index is 1.40. The van der Waals surface area contributed by atoms with Gasteiger partial charge in [0.05, 0.1) is 12.7 Å². The van der Waals surface area contributed by atoms with Gasteiger partial charge >= 0.3 is 0 Å². The molecule has 1 atom stereocenters. The molecular weight excluding hydrogens is 204 g/mol. The quantitative estimate of drug-likeness (QED) is 0.654. The van der Waals surface area contributed by atoms with Crippen molar-refractivity contribution in [1.82, 2.24) is 0 Å². The van der Waals surface area contributed by atoms with Crippen LogP contribution in [0.1, 0.15) is 45.4 Å². The Kier molecular flexibility index (Phi) is 5.07. The normalized spacial score (nSPS) is 34.7. The molecule has 16 heavy (non-hydrogen) atoms. The molecule has 2 aliphatic rings. The van der Waals surface area contributed by atoms with E-state index in [2.05, 4.69) is 6.92 Å². The van der Waals surface area contributed by atoms with Gasteiger partial charge < -0.3 is 14.2 Å². The standard InChI is InChI=1S/C13H24O3/c1-11-9-12(10-11)14-7-4-8-16-13-5-2-3-6-15-13/h11-13H,2-10H2,1H3/t11-,12+,13?. The Hall–Kier alpha value is -0.120. The van der Waals surface area contributed by atoms with Gasteiger partial charge in [-0.25, -0.2) is 0 Å². The monoisotopic (exact) mass is 228 g/mol. The summed E-state index contributed by atoms with van der Waals surface area (Å²) in [5.74, 6) is 0.872. The molecule has 0 amide bonds. The molecular formula is C13H24O3. The van der Waals surface area contributed by atoms with Crippen molar-refractivity contribution in [2.45, 2.75) is 57.8 Å². The maximum absolute atomic E-state index is 5.72. The van der Waals surface area contributed by atoms with Crippen molar-refractivity contribution >= 4 is 0 Å². The minimum absolute atomic E-state index is 0.0532. The van der Waals surface area contributed by atoms with E-state index in [4.69, 9.17) is 14.2 Å². The summed E-state index contributed by atoms with van der Waals surface area (Å²) >= 11 is 0. The topological polar surface area (TPSA) is 27.7 Å². The average Bonchev–Trinajstić information content (AvgIpc) is 2.27. The molecule has 94 valence electrons. The lowest BCUT2D eigenvalue weighted by atomic mass is 9.84. The van der Waals surface area contributed by atoms with Crippen LogP contribution in [0.5, 0.6) is 0 Å². The zero-order valence-corrected chi connectivity index (χ0v) is 10.3. The first-order valence-corrected chi connectivity index (χ1v) is 6.69. The summed E-state index contributed by atoms with van der Waals surface area (Å²) in [6.45, 7) is 4.75. The van der Waals surface area contributed by atoms with E-state index in [-0.39, 0.29) is 6.29 Å². The van der Waals surface area contributed by atoms with Crippen molar-refractivity contribution in [2.75, 3.05) is 19.8 Å². The second kappa shape index (κ2) is 6.58. The second-order valence-corrected chi connectivity index (χ2v) is 5.09. The predicted molar refractivity (Wildman–Crippen MR) is 62.3 cm³/mol. The number of hydrogen-bond donors (Lipinski definition) is 0. The molecule has 1 saturated heterocycles. The van der Waals surface area contributed by atoms with Crippen LogP contribution in [0, 0.1) is 5.92 Å². The lowest BCUT2D eigenvalue weighted by Crippen LogP contribution is -2.30. The van der Waals surface area contributed by atoms with Crippen LogP contribution >= 0.6 is 0 Å². The maximum Gasteiger partial charge on any atom is 0.157 e. The number of ether oxygens (including phenoxy) is 3. The van der Waals surface area contributed by atoms with Gasteiger partial charge in [0.1, 0.15) is 0 Å². The fourth-order valence-corrected chi connectivity index (χ4v) is 2.33. The minimum atomic E-state index is 0.0532. The summed E-state index contributed by atoms with van der Waals surface area (Å²) in [4.78, 5) is 0. The third kappa shape index (κ3) is 4.04. The van der Waals surface area contributed by atoms with Crippen molar-refractivity contribution in [3.05, 3.63) is 0 Å². The van der Waals surface area contributed by atoms with Crippen LogP contribution in [-0.4, -0.2) is 32.2 Å². The lowest BCUT2D eigenvalue weighted by Gasteiger charge is -2.32. The highest BCUT2D eigenvalue weighted by Gasteiger charge is 2.25. The van der Waals surface area contributed by atoms with E-state index in [1.807, 2.05) is 0 Å². The molecule has 0 spiro atoms. The molecule has 3 heteroatoms. The van der Waals surface area contributed by atoms with Gasteiger partial charge in [0.25, 0.3) is 0 Å². The Bertz CT molecular complexity index is 184. The molecule has 1 aliphatic carbocycles. The first-order chi connectivity index (χ1) is 7.84. The molecule has 0 N–H and O–H groups in total. The predicted octanol–water partition coefficient (Wildman–Crippen LogP) is 2.73. The fraction of sp³-hybridized carbons (Fsp3) is 1.00. The van der Waals surface area contributed by atoms with Gasteiger partial charge in [0.15, 0.2) is 6.29 Å². The van der Waals surface area contributed by atoms with Crippen LogP contribution in [0.2, 0.25) is 0 Å². The smallest absolute Gasteiger partial charge is 0.157 e. The van der Waals surface area contributed by atoms with Gasteiger partial charge in [-0.3, -0.25) is 0 Å². The van der Waals surface area contributed by atoms with Crippen molar-refractivity contribution in [3.63, 3.8) is 0 Å². The molecule has 0 radical (unpaired) electrons. The molecule has 0 aromatic rings. The largest absolute Gasteiger partial charge is 0.378 e. The Morgan fingerprint density at radius 3 is 2.62 bits per heavy atom. The Labute approximate surface area is 98.4 Å². The van der Waals surface area contributed by atoms with E-state index in [0.717, 1.165) is 38.6 Å². The molecule has 1 heterocycles. The summed E-state index contributed by atoms with van der Waals surface area (Å²) in [6, 6.07) is 0. The summed E-state index contributed by atoms with van der Waals surface area (Å²) < 4.78 is 16.8. The van der Waals surface area contributed by atoms with Gasteiger partial charge in [0, 0.05) is 13.2 Å². The van der Waals surface area contributed by atoms with E-state index in [1.54, 1.807) is 0 Å². The third-order valence-electron chi connectivity index (χ3n) is 3.41. The Morgan fingerprint density at radius 2 is 1.94 bits per heavy atom. The molecule has 0 aromatic carbocycles. The van der Waals surface area contributed by atoms with E-state index in [9.17, 15) is 0 Å². The highest BCUT2D eigenvalue weighted by Crippen LogP contribution is 2.29. The molecule has 1 aliphatic heterocycles. The van der Waals surface area contributed by atoms with Crippen LogP contribution in [0.4, 0.5) is 0 Å². The van der Waals surface area contributed by atoms with Crippen molar-refractivity contribution in [1.29, 1.82) is 0 Å². The van der Waals surface area contributed by atoms with Crippen LogP contribution in [0.15, 0.2) is 0 Å². The summed E-state index contributed by atoms with van der Waals surface area (Å²) in [5, 5.41) is 0. The second-order valence-electron chi connectivity index (χ2n) is 5.09. The zero-order chi connectivity index (χ0) is 11.2. The van der Waals surface area contributed by atoms with Crippen molar-refractivity contribution < 1.29 is 14.2 Å². The molecule has 1 unspecified atom stereocenters. The minimum Gasteiger partial charge on any atom is -0.378 e. The SMILES string of the molecule is C[C@H]1C[C@@H](OCCCOC2CCCCO2)C1. The first kappa shape index (κ1) is 12.3. The molecule has 2 rings (SSSR count). The highest BCUT2D eigenvalue weighted by atomic mass is 16.7. The lowest BCUT2D eigenvalue weighted by molar-refractivity contribution is -0.165. The molecule has 2 fully saturated rings. The van der Waals surface area contributed by atoms with Crippen LogP contribution < -0.4 is 0 Å². The van der Waals surface area contributed by atoms with Gasteiger partial charge in [0.2, 0.25) is 0 Å². The third-order valence-corrected chi connectivity index (χ3v) is 3.41. The van der Waals surface area contributed by atoms with E-state index >= 15 is 0 Å². The van der Waals surface area contributed by atoms with E-state index in [0.29, 0.717) is 6.10 Å². The molecule has 0 aromatic heterocycles. The van der Waals surface area contributed by atoms with Gasteiger partial charge in [-0.15, -0.1) is 0 Å². The maximum atomic E-state index is 5.72. The number of hydrogen-bond acceptors (Lipinski definition) is 3.